The molecule has 29 heavy (non-hydrogen) atoms. The van der Waals surface area contributed by atoms with Crippen LogP contribution in [0.3, 0.4) is 0 Å². The van der Waals surface area contributed by atoms with Gasteiger partial charge in [0.05, 0.1) is 17.3 Å². The summed E-state index contributed by atoms with van der Waals surface area (Å²) in [5, 5.41) is 4.12. The van der Waals surface area contributed by atoms with Crippen LogP contribution in [0.15, 0.2) is 60.7 Å². The predicted molar refractivity (Wildman–Crippen MR) is 126 cm³/mol. The van der Waals surface area contributed by atoms with Crippen LogP contribution in [-0.4, -0.2) is 13.7 Å². The highest BCUT2D eigenvalue weighted by atomic mass is 127. The van der Waals surface area contributed by atoms with Crippen LogP contribution in [-0.2, 0) is 13.2 Å². The summed E-state index contributed by atoms with van der Waals surface area (Å²) in [6.07, 6.45) is 0. The van der Waals surface area contributed by atoms with Crippen molar-refractivity contribution in [2.75, 3.05) is 19.0 Å². The normalized spacial score (nSPS) is 10.5. The number of rotatable bonds is 9. The zero-order valence-corrected chi connectivity index (χ0v) is 19.3. The summed E-state index contributed by atoms with van der Waals surface area (Å²) in [6.45, 7) is 3.59. The van der Waals surface area contributed by atoms with E-state index in [0.29, 0.717) is 24.8 Å². The first-order valence-corrected chi connectivity index (χ1v) is 10.8. The fourth-order valence-corrected chi connectivity index (χ4v) is 3.82. The van der Waals surface area contributed by atoms with Gasteiger partial charge in [-0.3, -0.25) is 0 Å². The van der Waals surface area contributed by atoms with Crippen molar-refractivity contribution in [2.24, 2.45) is 0 Å². The van der Waals surface area contributed by atoms with E-state index in [0.717, 1.165) is 37.6 Å². The Morgan fingerprint density at radius 3 is 2.45 bits per heavy atom. The number of halogens is 2. The summed E-state index contributed by atoms with van der Waals surface area (Å²) in [4.78, 5) is 0. The molecular formula is C23H23ClINO3. The summed E-state index contributed by atoms with van der Waals surface area (Å²) >= 11 is 8.53. The number of anilines is 1. The Morgan fingerprint density at radius 1 is 1.00 bits per heavy atom. The molecule has 0 aliphatic carbocycles. The van der Waals surface area contributed by atoms with E-state index in [9.17, 15) is 0 Å². The van der Waals surface area contributed by atoms with Gasteiger partial charge in [0.2, 0.25) is 0 Å². The Kier molecular flexibility index (Phi) is 7.89. The summed E-state index contributed by atoms with van der Waals surface area (Å²) in [5.74, 6) is 2.31. The van der Waals surface area contributed by atoms with Crippen molar-refractivity contribution >= 4 is 39.9 Å². The largest absolute Gasteiger partial charge is 0.497 e. The van der Waals surface area contributed by atoms with Crippen molar-refractivity contribution in [3.8, 4) is 17.2 Å². The van der Waals surface area contributed by atoms with E-state index in [1.165, 1.54) is 0 Å². The molecule has 4 nitrogen and oxygen atoms in total. The highest BCUT2D eigenvalue weighted by Gasteiger charge is 2.13. The average Bonchev–Trinajstić information content (AvgIpc) is 2.73. The Morgan fingerprint density at radius 2 is 1.76 bits per heavy atom. The number of hydrogen-bond donors (Lipinski definition) is 1. The van der Waals surface area contributed by atoms with Gasteiger partial charge in [-0.25, -0.2) is 0 Å². The van der Waals surface area contributed by atoms with E-state index >= 15 is 0 Å². The minimum atomic E-state index is 0.388. The highest BCUT2D eigenvalue weighted by molar-refractivity contribution is 14.1. The maximum absolute atomic E-state index is 6.25. The molecule has 3 aromatic rings. The summed E-state index contributed by atoms with van der Waals surface area (Å²) < 4.78 is 18.1. The molecular weight excluding hydrogens is 501 g/mol. The molecule has 0 unspecified atom stereocenters. The first-order valence-electron chi connectivity index (χ1n) is 9.30. The van der Waals surface area contributed by atoms with Gasteiger partial charge in [0, 0.05) is 22.8 Å². The monoisotopic (exact) mass is 523 g/mol. The number of methoxy groups -OCH3 is 1. The van der Waals surface area contributed by atoms with Crippen molar-refractivity contribution in [1.82, 2.24) is 0 Å². The molecule has 0 fully saturated rings. The summed E-state index contributed by atoms with van der Waals surface area (Å²) in [6, 6.07) is 19.7. The fraction of sp³-hybridized carbons (Fsp3) is 0.217. The van der Waals surface area contributed by atoms with Crippen LogP contribution in [0.4, 0.5) is 5.69 Å². The van der Waals surface area contributed by atoms with Gasteiger partial charge in [0.25, 0.3) is 0 Å². The molecule has 0 aromatic heterocycles. The molecule has 152 valence electrons. The van der Waals surface area contributed by atoms with Gasteiger partial charge in [-0.2, -0.15) is 0 Å². The van der Waals surface area contributed by atoms with E-state index in [1.54, 1.807) is 7.11 Å². The van der Waals surface area contributed by atoms with Crippen LogP contribution in [0, 0.1) is 3.57 Å². The van der Waals surface area contributed by atoms with E-state index in [2.05, 4.69) is 34.0 Å². The lowest BCUT2D eigenvalue weighted by molar-refractivity contribution is 0.267. The van der Waals surface area contributed by atoms with E-state index < -0.39 is 0 Å². The molecule has 1 N–H and O–H groups in total. The summed E-state index contributed by atoms with van der Waals surface area (Å²) in [5.41, 5.74) is 3.08. The van der Waals surface area contributed by atoms with Gasteiger partial charge in [-0.05, 0) is 77.5 Å². The lowest BCUT2D eigenvalue weighted by atomic mass is 10.2. The van der Waals surface area contributed by atoms with Gasteiger partial charge < -0.3 is 19.5 Å². The molecule has 0 spiro atoms. The Bertz CT molecular complexity index is 947. The van der Waals surface area contributed by atoms with E-state index in [4.69, 9.17) is 25.8 Å². The number of benzene rings is 3. The van der Waals surface area contributed by atoms with Crippen LogP contribution < -0.4 is 19.5 Å². The number of ether oxygens (including phenoxy) is 3. The maximum atomic E-state index is 6.25. The van der Waals surface area contributed by atoms with Gasteiger partial charge in [0.15, 0.2) is 11.5 Å². The van der Waals surface area contributed by atoms with Crippen molar-refractivity contribution in [3.63, 3.8) is 0 Å². The minimum Gasteiger partial charge on any atom is -0.497 e. The molecule has 0 heterocycles. The fourth-order valence-electron chi connectivity index (χ4n) is 2.80. The van der Waals surface area contributed by atoms with Crippen molar-refractivity contribution in [3.05, 3.63) is 80.4 Å². The Labute approximate surface area is 190 Å². The third-order valence-electron chi connectivity index (χ3n) is 4.29. The summed E-state index contributed by atoms with van der Waals surface area (Å²) in [7, 11) is 1.66. The van der Waals surface area contributed by atoms with Crippen molar-refractivity contribution in [2.45, 2.75) is 20.1 Å². The first-order chi connectivity index (χ1) is 14.1. The third-order valence-corrected chi connectivity index (χ3v) is 5.46. The maximum Gasteiger partial charge on any atom is 0.174 e. The van der Waals surface area contributed by atoms with Crippen LogP contribution in [0.2, 0.25) is 5.02 Å². The van der Waals surface area contributed by atoms with Gasteiger partial charge >= 0.3 is 0 Å². The Balaban J connectivity index is 1.73. The minimum absolute atomic E-state index is 0.388. The second-order valence-electron chi connectivity index (χ2n) is 6.30. The lowest BCUT2D eigenvalue weighted by Gasteiger charge is -2.16. The molecule has 3 aromatic carbocycles. The second-order valence-corrected chi connectivity index (χ2v) is 7.87. The van der Waals surface area contributed by atoms with Crippen molar-refractivity contribution < 1.29 is 14.2 Å². The van der Waals surface area contributed by atoms with E-state index in [1.807, 2.05) is 61.5 Å². The lowest BCUT2D eigenvalue weighted by Crippen LogP contribution is -2.05. The van der Waals surface area contributed by atoms with Gasteiger partial charge in [-0.1, -0.05) is 29.8 Å². The van der Waals surface area contributed by atoms with Crippen LogP contribution >= 0.6 is 34.2 Å². The molecule has 0 radical (unpaired) electrons. The van der Waals surface area contributed by atoms with Crippen LogP contribution in [0.5, 0.6) is 17.2 Å². The smallest absolute Gasteiger partial charge is 0.174 e. The average molecular weight is 524 g/mol. The Hall–Kier alpha value is -2.12. The third kappa shape index (κ3) is 5.93. The standard InChI is InChI=1S/C23H23ClINO3/c1-3-28-22-13-16(14-26-18-8-10-19(27-2)11-9-18)12-21(25)23(22)29-15-17-6-4-5-7-20(17)24/h4-13,26H,3,14-15H2,1-2H3. The first kappa shape index (κ1) is 21.6. The topological polar surface area (TPSA) is 39.7 Å². The molecule has 0 atom stereocenters. The van der Waals surface area contributed by atoms with Crippen molar-refractivity contribution in [1.29, 1.82) is 0 Å². The highest BCUT2D eigenvalue weighted by Crippen LogP contribution is 2.35. The molecule has 0 aliphatic rings. The zero-order chi connectivity index (χ0) is 20.6. The van der Waals surface area contributed by atoms with E-state index in [-0.39, 0.29) is 0 Å². The molecule has 6 heteroatoms. The van der Waals surface area contributed by atoms with Gasteiger partial charge in [0.1, 0.15) is 12.4 Å². The molecule has 0 aliphatic heterocycles. The molecule has 0 amide bonds. The van der Waals surface area contributed by atoms with Crippen LogP contribution in [0.1, 0.15) is 18.1 Å². The molecule has 0 saturated heterocycles. The predicted octanol–water partition coefficient (Wildman–Crippen LogP) is 6.54. The quantitative estimate of drug-likeness (QED) is 0.323. The zero-order valence-electron chi connectivity index (χ0n) is 16.4. The number of nitrogens with one attached hydrogen (secondary N) is 1. The second kappa shape index (κ2) is 10.6. The SMILES string of the molecule is CCOc1cc(CNc2ccc(OC)cc2)cc(I)c1OCc1ccccc1Cl. The van der Waals surface area contributed by atoms with Crippen LogP contribution in [0.25, 0.3) is 0 Å². The molecule has 0 saturated carbocycles. The molecule has 0 bridgehead atoms. The number of hydrogen-bond acceptors (Lipinski definition) is 4. The molecule has 3 rings (SSSR count). The van der Waals surface area contributed by atoms with Gasteiger partial charge in [-0.15, -0.1) is 0 Å².